The molecule has 2 nitrogen and oxygen atoms in total. The predicted octanol–water partition coefficient (Wildman–Crippen LogP) is 3.80. The van der Waals surface area contributed by atoms with Crippen molar-refractivity contribution in [3.05, 3.63) is 29.3 Å². The van der Waals surface area contributed by atoms with Gasteiger partial charge in [0.2, 0.25) is 0 Å². The lowest BCUT2D eigenvalue weighted by molar-refractivity contribution is 0.413. The second kappa shape index (κ2) is 6.67. The Morgan fingerprint density at radius 1 is 1.42 bits per heavy atom. The standard InChI is InChI=1S/C16H25NOS/c1-5-8-17-16-14-10-13(18-4)7-6-12(14)9-15(16)19-11(2)3/h6-7,10-11,15-17H,5,8-9H2,1-4H3. The molecule has 0 radical (unpaired) electrons. The predicted molar refractivity (Wildman–Crippen MR) is 84.2 cm³/mol. The molecule has 0 heterocycles. The average Bonchev–Trinajstić information content (AvgIpc) is 2.71. The van der Waals surface area contributed by atoms with Crippen molar-refractivity contribution < 1.29 is 4.74 Å². The van der Waals surface area contributed by atoms with Gasteiger partial charge in [0, 0.05) is 11.3 Å². The normalized spacial score (nSPS) is 21.7. The molecule has 1 N–H and O–H groups in total. The number of rotatable bonds is 6. The maximum Gasteiger partial charge on any atom is 0.119 e. The highest BCUT2D eigenvalue weighted by Crippen LogP contribution is 2.41. The van der Waals surface area contributed by atoms with Crippen molar-refractivity contribution in [2.45, 2.75) is 50.2 Å². The smallest absolute Gasteiger partial charge is 0.119 e. The van der Waals surface area contributed by atoms with Gasteiger partial charge in [0.1, 0.15) is 5.75 Å². The molecule has 0 saturated heterocycles. The minimum absolute atomic E-state index is 0.470. The highest BCUT2D eigenvalue weighted by molar-refractivity contribution is 8.00. The van der Waals surface area contributed by atoms with E-state index in [1.54, 1.807) is 7.11 Å². The fourth-order valence-electron chi connectivity index (χ4n) is 2.73. The van der Waals surface area contributed by atoms with E-state index in [0.29, 0.717) is 16.5 Å². The number of fused-ring (bicyclic) bond motifs is 1. The van der Waals surface area contributed by atoms with Crippen molar-refractivity contribution in [3.8, 4) is 5.75 Å². The van der Waals surface area contributed by atoms with Crippen molar-refractivity contribution >= 4 is 11.8 Å². The van der Waals surface area contributed by atoms with Crippen LogP contribution in [-0.2, 0) is 6.42 Å². The molecule has 2 atom stereocenters. The van der Waals surface area contributed by atoms with Crippen molar-refractivity contribution in [3.63, 3.8) is 0 Å². The van der Waals surface area contributed by atoms with E-state index in [9.17, 15) is 0 Å². The van der Waals surface area contributed by atoms with Crippen molar-refractivity contribution in [1.29, 1.82) is 0 Å². The molecule has 0 fully saturated rings. The quantitative estimate of drug-likeness (QED) is 0.856. The molecule has 19 heavy (non-hydrogen) atoms. The summed E-state index contributed by atoms with van der Waals surface area (Å²) in [6.07, 6.45) is 2.35. The van der Waals surface area contributed by atoms with Gasteiger partial charge in [0.15, 0.2) is 0 Å². The van der Waals surface area contributed by atoms with E-state index in [1.165, 1.54) is 24.0 Å². The van der Waals surface area contributed by atoms with Crippen LogP contribution in [0.15, 0.2) is 18.2 Å². The van der Waals surface area contributed by atoms with Gasteiger partial charge in [-0.05, 0) is 47.9 Å². The van der Waals surface area contributed by atoms with Crippen LogP contribution in [0.3, 0.4) is 0 Å². The summed E-state index contributed by atoms with van der Waals surface area (Å²) < 4.78 is 5.37. The first-order valence-corrected chi connectivity index (χ1v) is 8.15. The van der Waals surface area contributed by atoms with Gasteiger partial charge < -0.3 is 10.1 Å². The fraction of sp³-hybridized carbons (Fsp3) is 0.625. The summed E-state index contributed by atoms with van der Waals surface area (Å²) >= 11 is 2.09. The molecule has 2 unspecified atom stereocenters. The Balaban J connectivity index is 2.22. The van der Waals surface area contributed by atoms with Gasteiger partial charge in [-0.3, -0.25) is 0 Å². The van der Waals surface area contributed by atoms with Crippen molar-refractivity contribution in [2.24, 2.45) is 0 Å². The fourth-order valence-corrected chi connectivity index (χ4v) is 4.10. The summed E-state index contributed by atoms with van der Waals surface area (Å²) in [5.41, 5.74) is 2.92. The van der Waals surface area contributed by atoms with E-state index in [-0.39, 0.29) is 0 Å². The van der Waals surface area contributed by atoms with Gasteiger partial charge in [-0.15, -0.1) is 0 Å². The number of hydrogen-bond donors (Lipinski definition) is 1. The second-order valence-corrected chi connectivity index (χ2v) is 7.24. The summed E-state index contributed by atoms with van der Waals surface area (Å²) in [5, 5.41) is 5.04. The van der Waals surface area contributed by atoms with Crippen LogP contribution < -0.4 is 10.1 Å². The second-order valence-electron chi connectivity index (χ2n) is 5.42. The lowest BCUT2D eigenvalue weighted by atomic mass is 10.1. The van der Waals surface area contributed by atoms with E-state index in [0.717, 1.165) is 12.3 Å². The van der Waals surface area contributed by atoms with Gasteiger partial charge in [-0.2, -0.15) is 11.8 Å². The molecular formula is C16H25NOS. The minimum Gasteiger partial charge on any atom is -0.497 e. The largest absolute Gasteiger partial charge is 0.497 e. The first kappa shape index (κ1) is 14.7. The zero-order chi connectivity index (χ0) is 13.8. The summed E-state index contributed by atoms with van der Waals surface area (Å²) in [4.78, 5) is 0. The van der Waals surface area contributed by atoms with Gasteiger partial charge in [-0.25, -0.2) is 0 Å². The Bertz CT molecular complexity index is 419. The van der Waals surface area contributed by atoms with Gasteiger partial charge in [-0.1, -0.05) is 26.8 Å². The Hall–Kier alpha value is -0.670. The summed E-state index contributed by atoms with van der Waals surface area (Å²) in [5.74, 6) is 0.970. The number of nitrogens with one attached hydrogen (secondary N) is 1. The highest BCUT2D eigenvalue weighted by Gasteiger charge is 2.33. The van der Waals surface area contributed by atoms with Gasteiger partial charge >= 0.3 is 0 Å². The topological polar surface area (TPSA) is 21.3 Å². The number of thioether (sulfide) groups is 1. The van der Waals surface area contributed by atoms with E-state index in [1.807, 2.05) is 0 Å². The van der Waals surface area contributed by atoms with Crippen molar-refractivity contribution in [1.82, 2.24) is 5.32 Å². The molecule has 0 saturated carbocycles. The molecule has 106 valence electrons. The molecule has 0 aromatic heterocycles. The third-order valence-electron chi connectivity index (χ3n) is 3.54. The Morgan fingerprint density at radius 3 is 2.84 bits per heavy atom. The molecule has 0 amide bonds. The summed E-state index contributed by atoms with van der Waals surface area (Å²) in [6, 6.07) is 7.00. The number of methoxy groups -OCH3 is 1. The Morgan fingerprint density at radius 2 is 2.21 bits per heavy atom. The van der Waals surface area contributed by atoms with Crippen LogP contribution in [0.2, 0.25) is 0 Å². The van der Waals surface area contributed by atoms with E-state index in [4.69, 9.17) is 4.74 Å². The van der Waals surface area contributed by atoms with Crippen LogP contribution in [0.25, 0.3) is 0 Å². The molecular weight excluding hydrogens is 254 g/mol. The molecule has 0 bridgehead atoms. The molecule has 1 aliphatic carbocycles. The monoisotopic (exact) mass is 279 g/mol. The molecule has 0 aliphatic heterocycles. The molecule has 0 spiro atoms. The summed E-state index contributed by atoms with van der Waals surface area (Å²) in [6.45, 7) is 7.87. The van der Waals surface area contributed by atoms with Crippen LogP contribution in [0, 0.1) is 0 Å². The molecule has 2 rings (SSSR count). The molecule has 1 aliphatic rings. The first-order valence-electron chi connectivity index (χ1n) is 7.21. The van der Waals surface area contributed by atoms with E-state index in [2.05, 4.69) is 56.0 Å². The Labute approximate surface area is 121 Å². The van der Waals surface area contributed by atoms with Gasteiger partial charge in [0.25, 0.3) is 0 Å². The van der Waals surface area contributed by atoms with Crippen LogP contribution in [0.5, 0.6) is 5.75 Å². The maximum atomic E-state index is 5.37. The van der Waals surface area contributed by atoms with Crippen LogP contribution >= 0.6 is 11.8 Å². The summed E-state index contributed by atoms with van der Waals surface area (Å²) in [7, 11) is 1.74. The van der Waals surface area contributed by atoms with Crippen LogP contribution in [-0.4, -0.2) is 24.2 Å². The van der Waals surface area contributed by atoms with E-state index >= 15 is 0 Å². The van der Waals surface area contributed by atoms with Gasteiger partial charge in [0.05, 0.1) is 7.11 Å². The first-order chi connectivity index (χ1) is 9.15. The SMILES string of the molecule is CCCNC1c2cc(OC)ccc2CC1SC(C)C. The third-order valence-corrected chi connectivity index (χ3v) is 4.87. The maximum absolute atomic E-state index is 5.37. The zero-order valence-electron chi connectivity index (χ0n) is 12.4. The zero-order valence-corrected chi connectivity index (χ0v) is 13.2. The molecule has 1 aromatic rings. The third kappa shape index (κ3) is 3.46. The Kier molecular flexibility index (Phi) is 5.17. The average molecular weight is 279 g/mol. The highest BCUT2D eigenvalue weighted by atomic mass is 32.2. The van der Waals surface area contributed by atoms with E-state index < -0.39 is 0 Å². The minimum atomic E-state index is 0.470. The van der Waals surface area contributed by atoms with Crippen molar-refractivity contribution in [2.75, 3.05) is 13.7 Å². The van der Waals surface area contributed by atoms with Crippen LogP contribution in [0.1, 0.15) is 44.4 Å². The lowest BCUT2D eigenvalue weighted by Gasteiger charge is -2.23. The number of benzene rings is 1. The lowest BCUT2D eigenvalue weighted by Crippen LogP contribution is -2.28. The molecule has 3 heteroatoms. The molecule has 1 aromatic carbocycles. The number of hydrogen-bond acceptors (Lipinski definition) is 3. The van der Waals surface area contributed by atoms with Crippen LogP contribution in [0.4, 0.5) is 0 Å². The number of ether oxygens (including phenoxy) is 1.